The van der Waals surface area contributed by atoms with Crippen molar-refractivity contribution in [3.05, 3.63) is 35.9 Å². The fraction of sp³-hybridized carbons (Fsp3) is 0.550. The number of benzene rings is 1. The predicted octanol–water partition coefficient (Wildman–Crippen LogP) is 1.15. The number of piperidine rings is 1. The first-order valence-electron chi connectivity index (χ1n) is 9.71. The van der Waals surface area contributed by atoms with E-state index in [1.165, 1.54) is 0 Å². The van der Waals surface area contributed by atoms with Crippen molar-refractivity contribution in [2.24, 2.45) is 0 Å². The number of amides is 3. The summed E-state index contributed by atoms with van der Waals surface area (Å²) in [5.74, 6) is -0.397. The molecule has 2 aliphatic rings. The molecule has 1 aromatic rings. The zero-order valence-corrected chi connectivity index (χ0v) is 16.1. The second kappa shape index (κ2) is 9.54. The molecule has 2 heterocycles. The highest BCUT2D eigenvalue weighted by Gasteiger charge is 2.35. The summed E-state index contributed by atoms with van der Waals surface area (Å²) in [6.07, 6.45) is 1.00. The van der Waals surface area contributed by atoms with Crippen LogP contribution in [0.25, 0.3) is 0 Å². The molecule has 1 N–H and O–H groups in total. The van der Waals surface area contributed by atoms with Crippen LogP contribution in [0.1, 0.15) is 25.3 Å². The Kier molecular flexibility index (Phi) is 6.86. The maximum Gasteiger partial charge on any atom is 0.409 e. The summed E-state index contributed by atoms with van der Waals surface area (Å²) < 4.78 is 10.3. The van der Waals surface area contributed by atoms with E-state index in [1.807, 2.05) is 30.3 Å². The first-order chi connectivity index (χ1) is 13.6. The molecule has 3 amide bonds. The van der Waals surface area contributed by atoms with E-state index in [4.69, 9.17) is 9.47 Å². The van der Waals surface area contributed by atoms with Crippen LogP contribution in [0.5, 0.6) is 0 Å². The Balaban J connectivity index is 1.56. The number of carbonyl (C=O) groups is 3. The van der Waals surface area contributed by atoms with Gasteiger partial charge in [-0.3, -0.25) is 9.59 Å². The molecule has 0 unspecified atom stereocenters. The number of likely N-dealkylation sites (tertiary alicyclic amines) is 1. The second-order valence-corrected chi connectivity index (χ2v) is 7.01. The zero-order valence-electron chi connectivity index (χ0n) is 16.1. The van der Waals surface area contributed by atoms with E-state index in [2.05, 4.69) is 5.32 Å². The van der Waals surface area contributed by atoms with Crippen molar-refractivity contribution in [1.82, 2.24) is 15.1 Å². The fourth-order valence-corrected chi connectivity index (χ4v) is 3.52. The van der Waals surface area contributed by atoms with E-state index in [-0.39, 0.29) is 37.2 Å². The predicted molar refractivity (Wildman–Crippen MR) is 101 cm³/mol. The van der Waals surface area contributed by atoms with E-state index in [0.717, 1.165) is 5.56 Å². The summed E-state index contributed by atoms with van der Waals surface area (Å²) in [4.78, 5) is 40.2. The van der Waals surface area contributed by atoms with Crippen molar-refractivity contribution < 1.29 is 23.9 Å². The topological polar surface area (TPSA) is 88.2 Å². The summed E-state index contributed by atoms with van der Waals surface area (Å²) in [5, 5.41) is 3.02. The van der Waals surface area contributed by atoms with Gasteiger partial charge in [0.25, 0.3) is 0 Å². The number of nitrogens with zero attached hydrogens (tertiary/aromatic N) is 2. The van der Waals surface area contributed by atoms with E-state index >= 15 is 0 Å². The average Bonchev–Trinajstić information content (AvgIpc) is 2.71. The van der Waals surface area contributed by atoms with Crippen molar-refractivity contribution in [3.8, 4) is 0 Å². The highest BCUT2D eigenvalue weighted by molar-refractivity contribution is 5.89. The van der Waals surface area contributed by atoms with Crippen LogP contribution < -0.4 is 5.32 Å². The second-order valence-electron chi connectivity index (χ2n) is 7.01. The van der Waals surface area contributed by atoms with Gasteiger partial charge in [-0.15, -0.1) is 0 Å². The van der Waals surface area contributed by atoms with Gasteiger partial charge in [0, 0.05) is 25.7 Å². The van der Waals surface area contributed by atoms with Crippen LogP contribution in [0, 0.1) is 0 Å². The van der Waals surface area contributed by atoms with E-state index in [1.54, 1.807) is 16.7 Å². The Hall–Kier alpha value is -2.61. The third kappa shape index (κ3) is 5.01. The molecule has 1 atom stereocenters. The summed E-state index contributed by atoms with van der Waals surface area (Å²) in [6, 6.07) is 8.92. The molecular weight excluding hydrogens is 362 g/mol. The van der Waals surface area contributed by atoms with Gasteiger partial charge in [-0.2, -0.15) is 0 Å². The Morgan fingerprint density at radius 2 is 1.93 bits per heavy atom. The Labute approximate surface area is 164 Å². The molecule has 1 aromatic carbocycles. The minimum atomic E-state index is -0.649. The highest BCUT2D eigenvalue weighted by atomic mass is 16.6. The highest BCUT2D eigenvalue weighted by Crippen LogP contribution is 2.16. The van der Waals surface area contributed by atoms with Crippen molar-refractivity contribution in [1.29, 1.82) is 0 Å². The molecule has 3 rings (SSSR count). The van der Waals surface area contributed by atoms with Crippen molar-refractivity contribution in [2.45, 2.75) is 38.4 Å². The summed E-state index contributed by atoms with van der Waals surface area (Å²) in [7, 11) is 0. The van der Waals surface area contributed by atoms with Crippen LogP contribution in [0.2, 0.25) is 0 Å². The number of hydrogen-bond donors (Lipinski definition) is 1. The normalized spacial score (nSPS) is 20.8. The van der Waals surface area contributed by atoms with Crippen LogP contribution in [-0.2, 0) is 25.6 Å². The summed E-state index contributed by atoms with van der Waals surface area (Å²) in [5.41, 5.74) is 0.971. The van der Waals surface area contributed by atoms with Crippen molar-refractivity contribution in [3.63, 3.8) is 0 Å². The third-order valence-electron chi connectivity index (χ3n) is 5.06. The molecule has 0 aliphatic carbocycles. The van der Waals surface area contributed by atoms with Gasteiger partial charge in [-0.05, 0) is 25.3 Å². The van der Waals surface area contributed by atoms with Gasteiger partial charge < -0.3 is 24.6 Å². The Morgan fingerprint density at radius 3 is 2.61 bits per heavy atom. The van der Waals surface area contributed by atoms with Gasteiger partial charge in [0.15, 0.2) is 0 Å². The lowest BCUT2D eigenvalue weighted by Crippen LogP contribution is -2.58. The van der Waals surface area contributed by atoms with Gasteiger partial charge in [0.1, 0.15) is 12.6 Å². The standard InChI is InChI=1S/C20H27N3O5/c1-2-28-20(26)22-10-8-16(9-11-22)21-19(25)17-13-27-14-18(24)23(17)12-15-6-4-3-5-7-15/h3-7,16-17H,2,8-14H2,1H3,(H,21,25)/t17-/m1/s1. The Bertz CT molecular complexity index is 688. The summed E-state index contributed by atoms with van der Waals surface area (Å²) >= 11 is 0. The Morgan fingerprint density at radius 1 is 1.21 bits per heavy atom. The number of morpholine rings is 1. The third-order valence-corrected chi connectivity index (χ3v) is 5.06. The van der Waals surface area contributed by atoms with Gasteiger partial charge >= 0.3 is 6.09 Å². The molecule has 8 nitrogen and oxygen atoms in total. The van der Waals surface area contributed by atoms with Crippen LogP contribution in [-0.4, -0.2) is 72.7 Å². The van der Waals surface area contributed by atoms with Crippen molar-refractivity contribution >= 4 is 17.9 Å². The molecular formula is C20H27N3O5. The monoisotopic (exact) mass is 389 g/mol. The maximum absolute atomic E-state index is 12.8. The lowest BCUT2D eigenvalue weighted by molar-refractivity contribution is -0.156. The zero-order chi connectivity index (χ0) is 19.9. The first kappa shape index (κ1) is 20.1. The van der Waals surface area contributed by atoms with Gasteiger partial charge in [-0.1, -0.05) is 30.3 Å². The van der Waals surface area contributed by atoms with E-state index in [9.17, 15) is 14.4 Å². The quantitative estimate of drug-likeness (QED) is 0.816. The van der Waals surface area contributed by atoms with Gasteiger partial charge in [0.05, 0.1) is 13.2 Å². The number of carbonyl (C=O) groups excluding carboxylic acids is 3. The number of hydrogen-bond acceptors (Lipinski definition) is 5. The van der Waals surface area contributed by atoms with E-state index in [0.29, 0.717) is 39.1 Å². The molecule has 2 fully saturated rings. The van der Waals surface area contributed by atoms with Crippen LogP contribution >= 0.6 is 0 Å². The first-order valence-corrected chi connectivity index (χ1v) is 9.71. The molecule has 8 heteroatoms. The smallest absolute Gasteiger partial charge is 0.409 e. The molecule has 0 bridgehead atoms. The van der Waals surface area contributed by atoms with Crippen LogP contribution in [0.15, 0.2) is 30.3 Å². The van der Waals surface area contributed by atoms with Crippen LogP contribution in [0.4, 0.5) is 4.79 Å². The van der Waals surface area contributed by atoms with Gasteiger partial charge in [0.2, 0.25) is 11.8 Å². The fourth-order valence-electron chi connectivity index (χ4n) is 3.52. The van der Waals surface area contributed by atoms with Crippen LogP contribution in [0.3, 0.4) is 0 Å². The minimum Gasteiger partial charge on any atom is -0.450 e. The molecule has 152 valence electrons. The number of rotatable bonds is 5. The number of ether oxygens (including phenoxy) is 2. The average molecular weight is 389 g/mol. The number of nitrogens with one attached hydrogen (secondary N) is 1. The van der Waals surface area contributed by atoms with E-state index < -0.39 is 6.04 Å². The minimum absolute atomic E-state index is 0.00541. The molecule has 0 saturated carbocycles. The molecule has 0 radical (unpaired) electrons. The molecule has 0 aromatic heterocycles. The maximum atomic E-state index is 12.8. The summed E-state index contributed by atoms with van der Waals surface area (Å²) in [6.45, 7) is 3.76. The lowest BCUT2D eigenvalue weighted by Gasteiger charge is -2.37. The molecule has 2 saturated heterocycles. The molecule has 0 spiro atoms. The lowest BCUT2D eigenvalue weighted by atomic mass is 10.0. The largest absolute Gasteiger partial charge is 0.450 e. The molecule has 2 aliphatic heterocycles. The SMILES string of the molecule is CCOC(=O)N1CCC(NC(=O)[C@H]2COCC(=O)N2Cc2ccccc2)CC1. The van der Waals surface area contributed by atoms with Gasteiger partial charge in [-0.25, -0.2) is 4.79 Å². The van der Waals surface area contributed by atoms with Crippen molar-refractivity contribution in [2.75, 3.05) is 32.9 Å². The molecule has 28 heavy (non-hydrogen) atoms.